The van der Waals surface area contributed by atoms with Crippen molar-refractivity contribution in [2.24, 2.45) is 0 Å². The third-order valence-corrected chi connectivity index (χ3v) is 4.22. The number of hydrogen-bond acceptors (Lipinski definition) is 5. The molecule has 5 nitrogen and oxygen atoms in total. The Bertz CT molecular complexity index is 622. The summed E-state index contributed by atoms with van der Waals surface area (Å²) in [5.74, 6) is 2.52. The minimum atomic E-state index is 0.509. The summed E-state index contributed by atoms with van der Waals surface area (Å²) in [6, 6.07) is 15.9. The van der Waals surface area contributed by atoms with Gasteiger partial charge in [-0.25, -0.2) is 0 Å². The quantitative estimate of drug-likeness (QED) is 0.747. The van der Waals surface area contributed by atoms with Gasteiger partial charge in [-0.2, -0.15) is 0 Å². The maximum atomic E-state index is 5.74. The van der Waals surface area contributed by atoms with Crippen LogP contribution in [0.25, 0.3) is 0 Å². The zero-order chi connectivity index (χ0) is 17.3. The lowest BCUT2D eigenvalue weighted by Crippen LogP contribution is -2.42. The molecule has 3 rings (SSSR count). The Balaban J connectivity index is 1.37. The number of piperazine rings is 1. The van der Waals surface area contributed by atoms with E-state index in [-0.39, 0.29) is 0 Å². The summed E-state index contributed by atoms with van der Waals surface area (Å²) in [7, 11) is 1.65. The van der Waals surface area contributed by atoms with E-state index in [2.05, 4.69) is 22.3 Å². The maximum absolute atomic E-state index is 5.74. The summed E-state index contributed by atoms with van der Waals surface area (Å²) >= 11 is 0. The summed E-state index contributed by atoms with van der Waals surface area (Å²) < 4.78 is 16.5. The fourth-order valence-electron chi connectivity index (χ4n) is 2.81. The van der Waals surface area contributed by atoms with E-state index < -0.39 is 0 Å². The summed E-state index contributed by atoms with van der Waals surface area (Å²) in [6.45, 7) is 6.41. The van der Waals surface area contributed by atoms with Crippen LogP contribution in [0.15, 0.2) is 48.5 Å². The third-order valence-electron chi connectivity index (χ3n) is 4.22. The van der Waals surface area contributed by atoms with Crippen LogP contribution >= 0.6 is 0 Å². The van der Waals surface area contributed by atoms with E-state index in [0.29, 0.717) is 13.2 Å². The lowest BCUT2D eigenvalue weighted by Gasteiger charge is -2.27. The fourth-order valence-corrected chi connectivity index (χ4v) is 2.81. The molecule has 0 aromatic heterocycles. The summed E-state index contributed by atoms with van der Waals surface area (Å²) in [4.78, 5) is 2.47. The number of methoxy groups -OCH3 is 1. The van der Waals surface area contributed by atoms with Crippen molar-refractivity contribution < 1.29 is 14.2 Å². The first kappa shape index (κ1) is 17.6. The van der Waals surface area contributed by atoms with E-state index in [4.69, 9.17) is 14.2 Å². The van der Waals surface area contributed by atoms with Gasteiger partial charge in [-0.1, -0.05) is 12.1 Å². The normalized spacial score (nSPS) is 14.9. The van der Waals surface area contributed by atoms with Crippen LogP contribution in [-0.2, 0) is 6.54 Å². The van der Waals surface area contributed by atoms with Gasteiger partial charge in [0.05, 0.1) is 7.11 Å². The number of nitrogens with one attached hydrogen (secondary N) is 1. The number of nitrogens with zero attached hydrogens (tertiary/aromatic N) is 1. The predicted octanol–water partition coefficient (Wildman–Crippen LogP) is 2.56. The lowest BCUT2D eigenvalue weighted by atomic mass is 10.2. The first-order valence-corrected chi connectivity index (χ1v) is 8.75. The van der Waals surface area contributed by atoms with Crippen LogP contribution in [0.3, 0.4) is 0 Å². The molecule has 1 aliphatic heterocycles. The monoisotopic (exact) mass is 342 g/mol. The Morgan fingerprint density at radius 1 is 0.800 bits per heavy atom. The zero-order valence-electron chi connectivity index (χ0n) is 14.7. The summed E-state index contributed by atoms with van der Waals surface area (Å²) in [5, 5.41) is 3.38. The largest absolute Gasteiger partial charge is 0.497 e. The number of benzene rings is 2. The Kier molecular flexibility index (Phi) is 6.54. The van der Waals surface area contributed by atoms with Gasteiger partial charge in [0.1, 0.15) is 30.5 Å². The Hall–Kier alpha value is -2.24. The van der Waals surface area contributed by atoms with Crippen LogP contribution in [-0.4, -0.2) is 51.4 Å². The number of ether oxygens (including phenoxy) is 3. The molecule has 0 unspecified atom stereocenters. The standard InChI is InChI=1S/C20H26N2O3/c1-23-18-6-8-20(9-7-18)25-15-14-24-19-4-2-17(3-5-19)16-22-12-10-21-11-13-22/h2-9,21H,10-16H2,1H3. The highest BCUT2D eigenvalue weighted by atomic mass is 16.5. The van der Waals surface area contributed by atoms with Gasteiger partial charge >= 0.3 is 0 Å². The van der Waals surface area contributed by atoms with Crippen molar-refractivity contribution in [2.75, 3.05) is 46.5 Å². The average molecular weight is 342 g/mol. The molecule has 0 saturated carbocycles. The highest BCUT2D eigenvalue weighted by Crippen LogP contribution is 2.17. The maximum Gasteiger partial charge on any atom is 0.122 e. The molecule has 0 amide bonds. The second kappa shape index (κ2) is 9.30. The van der Waals surface area contributed by atoms with Crippen molar-refractivity contribution in [1.29, 1.82) is 0 Å². The second-order valence-electron chi connectivity index (χ2n) is 6.04. The molecule has 1 fully saturated rings. The highest BCUT2D eigenvalue weighted by molar-refractivity contribution is 5.31. The van der Waals surface area contributed by atoms with E-state index in [1.165, 1.54) is 5.56 Å². The Morgan fingerprint density at radius 3 is 1.88 bits per heavy atom. The van der Waals surface area contributed by atoms with E-state index in [1.54, 1.807) is 7.11 Å². The molecule has 25 heavy (non-hydrogen) atoms. The molecule has 0 radical (unpaired) electrons. The third kappa shape index (κ3) is 5.66. The molecule has 134 valence electrons. The van der Waals surface area contributed by atoms with Gasteiger partial charge in [0, 0.05) is 32.7 Å². The van der Waals surface area contributed by atoms with E-state index >= 15 is 0 Å². The van der Waals surface area contributed by atoms with Gasteiger partial charge < -0.3 is 19.5 Å². The van der Waals surface area contributed by atoms with Gasteiger partial charge in [0.2, 0.25) is 0 Å². The van der Waals surface area contributed by atoms with Crippen LogP contribution < -0.4 is 19.5 Å². The first-order valence-electron chi connectivity index (χ1n) is 8.75. The molecule has 1 saturated heterocycles. The van der Waals surface area contributed by atoms with Gasteiger partial charge in [-0.15, -0.1) is 0 Å². The van der Waals surface area contributed by atoms with Crippen LogP contribution in [0.1, 0.15) is 5.56 Å². The molecule has 0 aliphatic carbocycles. The molecular weight excluding hydrogens is 316 g/mol. The fraction of sp³-hybridized carbons (Fsp3) is 0.400. The van der Waals surface area contributed by atoms with Gasteiger partial charge in [0.25, 0.3) is 0 Å². The minimum Gasteiger partial charge on any atom is -0.497 e. The topological polar surface area (TPSA) is 43.0 Å². The molecule has 0 atom stereocenters. The van der Waals surface area contributed by atoms with Crippen molar-refractivity contribution in [3.05, 3.63) is 54.1 Å². The van der Waals surface area contributed by atoms with Crippen molar-refractivity contribution in [3.8, 4) is 17.2 Å². The van der Waals surface area contributed by atoms with Crippen molar-refractivity contribution in [3.63, 3.8) is 0 Å². The van der Waals surface area contributed by atoms with Gasteiger partial charge in [0.15, 0.2) is 0 Å². The van der Waals surface area contributed by atoms with E-state index in [9.17, 15) is 0 Å². The Labute approximate surface area is 149 Å². The SMILES string of the molecule is COc1ccc(OCCOc2ccc(CN3CCNCC3)cc2)cc1. The Morgan fingerprint density at radius 2 is 1.32 bits per heavy atom. The molecule has 2 aromatic carbocycles. The number of hydrogen-bond donors (Lipinski definition) is 1. The highest BCUT2D eigenvalue weighted by Gasteiger charge is 2.09. The van der Waals surface area contributed by atoms with E-state index in [1.807, 2.05) is 36.4 Å². The average Bonchev–Trinajstić information content (AvgIpc) is 2.68. The smallest absolute Gasteiger partial charge is 0.122 e. The minimum absolute atomic E-state index is 0.509. The zero-order valence-corrected chi connectivity index (χ0v) is 14.7. The first-order chi connectivity index (χ1) is 12.3. The van der Waals surface area contributed by atoms with Crippen LogP contribution in [0.2, 0.25) is 0 Å². The van der Waals surface area contributed by atoms with Crippen molar-refractivity contribution >= 4 is 0 Å². The predicted molar refractivity (Wildman–Crippen MR) is 98.6 cm³/mol. The second-order valence-corrected chi connectivity index (χ2v) is 6.04. The van der Waals surface area contributed by atoms with Crippen LogP contribution in [0, 0.1) is 0 Å². The molecule has 0 spiro atoms. The van der Waals surface area contributed by atoms with Gasteiger partial charge in [-0.05, 0) is 42.0 Å². The molecule has 5 heteroatoms. The number of rotatable bonds is 8. The molecule has 1 heterocycles. The van der Waals surface area contributed by atoms with Gasteiger partial charge in [-0.3, -0.25) is 4.90 Å². The molecular formula is C20H26N2O3. The van der Waals surface area contributed by atoms with Crippen LogP contribution in [0.5, 0.6) is 17.2 Å². The van der Waals surface area contributed by atoms with Crippen molar-refractivity contribution in [2.45, 2.75) is 6.54 Å². The van der Waals surface area contributed by atoms with Crippen LogP contribution in [0.4, 0.5) is 0 Å². The summed E-state index contributed by atoms with van der Waals surface area (Å²) in [5.41, 5.74) is 1.32. The molecule has 0 bridgehead atoms. The molecule has 1 N–H and O–H groups in total. The van der Waals surface area contributed by atoms with Crippen molar-refractivity contribution in [1.82, 2.24) is 10.2 Å². The lowest BCUT2D eigenvalue weighted by molar-refractivity contribution is 0.216. The van der Waals surface area contributed by atoms with E-state index in [0.717, 1.165) is 50.0 Å². The molecule has 2 aromatic rings. The molecule has 1 aliphatic rings. The summed E-state index contributed by atoms with van der Waals surface area (Å²) in [6.07, 6.45) is 0.